The summed E-state index contributed by atoms with van der Waals surface area (Å²) in [6.07, 6.45) is 8.96. The van der Waals surface area contributed by atoms with Gasteiger partial charge in [-0.1, -0.05) is 0 Å². The Morgan fingerprint density at radius 1 is 0.900 bits per heavy atom. The molecule has 7 rings (SSSR count). The summed E-state index contributed by atoms with van der Waals surface area (Å²) in [5.74, 6) is -0.0367. The first-order valence-corrected chi connectivity index (χ1v) is 21.2. The molecule has 2 aromatic heterocycles. The van der Waals surface area contributed by atoms with E-state index in [0.29, 0.717) is 18.9 Å². The molecule has 320 valence electrons. The van der Waals surface area contributed by atoms with Crippen LogP contribution in [0.4, 0.5) is 0 Å². The topological polar surface area (TPSA) is 178 Å². The molecule has 2 atom stereocenters. The maximum Gasteiger partial charge on any atom is 0.262 e. The third-order valence-corrected chi connectivity index (χ3v) is 12.3. The lowest BCUT2D eigenvalue weighted by molar-refractivity contribution is -0.136. The van der Waals surface area contributed by atoms with Crippen LogP contribution in [0.2, 0.25) is 0 Å². The van der Waals surface area contributed by atoms with Gasteiger partial charge in [0.15, 0.2) is 0 Å². The lowest BCUT2D eigenvalue weighted by Gasteiger charge is -2.27. The van der Waals surface area contributed by atoms with Gasteiger partial charge in [-0.05, 0) is 114 Å². The first-order chi connectivity index (χ1) is 29.0. The van der Waals surface area contributed by atoms with Gasteiger partial charge in [-0.15, -0.1) is 11.3 Å². The molecule has 0 radical (unpaired) electrons. The van der Waals surface area contributed by atoms with E-state index in [0.717, 1.165) is 113 Å². The van der Waals surface area contributed by atoms with Crippen molar-refractivity contribution >= 4 is 51.5 Å². The molecule has 3 aliphatic rings. The molecule has 15 nitrogen and oxygen atoms in total. The Balaban J connectivity index is 0.000000213. The van der Waals surface area contributed by atoms with Crippen molar-refractivity contribution in [1.82, 2.24) is 30.3 Å². The van der Waals surface area contributed by atoms with Crippen molar-refractivity contribution in [3.8, 4) is 28.4 Å². The van der Waals surface area contributed by atoms with E-state index < -0.39 is 29.7 Å². The zero-order valence-electron chi connectivity index (χ0n) is 34.9. The standard InChI is InChI=1S/C25H32N4O6.C19H22N2O3S/c30-16-26-17-5-4-12-28(13-10-17)11-2-1-3-14-35-18-6-7-19-20(15-18)25(34)29(24(19)33)21-8-9-22(31)27-23(21)32;1-11-6-13-18(25-11)15(10-21(3)19(13)22)12-7-16(23-4)14(9-20-2)17(8-12)24-5/h6-7,15-17,21H,1-5,8-14H2,(H,26,30)(H,27,31,32);6-8,10,20H,9H2,1-5H3. The number of unbranched alkanes of at least 4 members (excludes halogenated alkanes) is 2. The molecule has 4 aromatic rings. The number of carbonyl (C=O) groups is 5. The highest BCUT2D eigenvalue weighted by molar-refractivity contribution is 7.19. The van der Waals surface area contributed by atoms with Crippen molar-refractivity contribution in [3.63, 3.8) is 0 Å². The molecule has 2 aromatic carbocycles. The van der Waals surface area contributed by atoms with Crippen molar-refractivity contribution in [3.05, 3.63) is 74.5 Å². The second-order valence-corrected chi connectivity index (χ2v) is 16.5. The Hall–Kier alpha value is -5.58. The van der Waals surface area contributed by atoms with Crippen molar-refractivity contribution in [2.45, 2.75) is 76.9 Å². The van der Waals surface area contributed by atoms with E-state index in [-0.39, 0.29) is 35.6 Å². The van der Waals surface area contributed by atoms with Gasteiger partial charge in [0.25, 0.3) is 17.4 Å². The average molecular weight is 843 g/mol. The van der Waals surface area contributed by atoms with Crippen LogP contribution in [-0.2, 0) is 28.0 Å². The fourth-order valence-corrected chi connectivity index (χ4v) is 9.09. The number of nitrogens with zero attached hydrogens (tertiary/aromatic N) is 3. The van der Waals surface area contributed by atoms with Crippen molar-refractivity contribution in [2.24, 2.45) is 7.05 Å². The molecule has 3 aliphatic heterocycles. The zero-order valence-corrected chi connectivity index (χ0v) is 35.7. The smallest absolute Gasteiger partial charge is 0.262 e. The number of carbonyl (C=O) groups excluding carboxylic acids is 5. The van der Waals surface area contributed by atoms with Gasteiger partial charge in [-0.25, -0.2) is 0 Å². The molecule has 5 heterocycles. The quantitative estimate of drug-likeness (QED) is 0.0870. The van der Waals surface area contributed by atoms with Crippen molar-refractivity contribution in [1.29, 1.82) is 0 Å². The second kappa shape index (κ2) is 20.1. The van der Waals surface area contributed by atoms with Crippen LogP contribution in [-0.4, -0.2) is 104 Å². The monoisotopic (exact) mass is 842 g/mol. The molecule has 5 amide bonds. The van der Waals surface area contributed by atoms with E-state index >= 15 is 0 Å². The number of thiophene rings is 1. The van der Waals surface area contributed by atoms with E-state index in [2.05, 4.69) is 20.9 Å². The molecule has 0 aliphatic carbocycles. The van der Waals surface area contributed by atoms with Crippen LogP contribution in [0.5, 0.6) is 17.2 Å². The van der Waals surface area contributed by atoms with Crippen LogP contribution >= 0.6 is 11.3 Å². The number of nitrogens with one attached hydrogen (secondary N) is 3. The number of aryl methyl sites for hydroxylation is 2. The normalized spacial score (nSPS) is 18.1. The number of likely N-dealkylation sites (tertiary alicyclic amines) is 1. The number of imide groups is 2. The largest absolute Gasteiger partial charge is 0.496 e. The van der Waals surface area contributed by atoms with E-state index in [1.807, 2.05) is 38.4 Å². The molecule has 0 bridgehead atoms. The third-order valence-electron chi connectivity index (χ3n) is 11.2. The van der Waals surface area contributed by atoms with Gasteiger partial charge in [-0.3, -0.25) is 39.0 Å². The lowest BCUT2D eigenvalue weighted by Crippen LogP contribution is -2.54. The minimum absolute atomic E-state index is 0.0221. The number of fused-ring (bicyclic) bond motifs is 2. The second-order valence-electron chi connectivity index (χ2n) is 15.3. The number of hydrogen-bond donors (Lipinski definition) is 3. The Morgan fingerprint density at radius 2 is 1.65 bits per heavy atom. The molecular formula is C44H54N6O9S. The Kier molecular flexibility index (Phi) is 14.7. The fourth-order valence-electron chi connectivity index (χ4n) is 8.06. The number of aromatic nitrogens is 1. The highest BCUT2D eigenvalue weighted by Gasteiger charge is 2.44. The number of piperidine rings is 1. The maximum atomic E-state index is 12.9. The molecule has 2 saturated heterocycles. The summed E-state index contributed by atoms with van der Waals surface area (Å²) in [6.45, 7) is 6.26. The summed E-state index contributed by atoms with van der Waals surface area (Å²) >= 11 is 1.63. The minimum Gasteiger partial charge on any atom is -0.496 e. The Morgan fingerprint density at radius 3 is 2.35 bits per heavy atom. The number of methoxy groups -OCH3 is 2. The highest BCUT2D eigenvalue weighted by atomic mass is 32.1. The number of pyridine rings is 1. The van der Waals surface area contributed by atoms with E-state index in [1.54, 1.807) is 55.4 Å². The fraction of sp³-hybridized carbons (Fsp3) is 0.455. The molecule has 2 unspecified atom stereocenters. The number of ether oxygens (including phenoxy) is 3. The Bertz CT molecular complexity index is 2280. The SMILES string of the molecule is CNCc1c(OC)cc(-c2cn(C)c(=O)c3cc(C)sc23)cc1OC.O=CNC1CCCN(CCCCCOc2ccc3c(c2)C(=O)N(C2CCC(=O)NC2=O)C3=O)CC1. The number of hydrogen-bond acceptors (Lipinski definition) is 12. The van der Waals surface area contributed by atoms with Gasteiger partial charge in [0.1, 0.15) is 23.3 Å². The summed E-state index contributed by atoms with van der Waals surface area (Å²) < 4.78 is 19.6. The van der Waals surface area contributed by atoms with Gasteiger partial charge in [0.05, 0.1) is 37.3 Å². The third kappa shape index (κ3) is 9.88. The van der Waals surface area contributed by atoms with Crippen LogP contribution < -0.4 is 35.7 Å². The number of benzene rings is 2. The predicted octanol–water partition coefficient (Wildman–Crippen LogP) is 4.55. The van der Waals surface area contributed by atoms with Crippen molar-refractivity contribution < 1.29 is 38.2 Å². The zero-order chi connectivity index (χ0) is 42.9. The average Bonchev–Trinajstić information content (AvgIpc) is 3.64. The maximum absolute atomic E-state index is 12.9. The van der Waals surface area contributed by atoms with E-state index in [1.165, 1.54) is 0 Å². The van der Waals surface area contributed by atoms with Gasteiger partial charge in [-0.2, -0.15) is 0 Å². The van der Waals surface area contributed by atoms with Gasteiger partial charge < -0.3 is 34.3 Å². The number of amides is 5. The molecule has 60 heavy (non-hydrogen) atoms. The van der Waals surface area contributed by atoms with Crippen LogP contribution in [0.25, 0.3) is 21.2 Å². The van der Waals surface area contributed by atoms with Crippen LogP contribution in [0, 0.1) is 6.92 Å². The van der Waals surface area contributed by atoms with Gasteiger partial charge >= 0.3 is 0 Å². The highest BCUT2D eigenvalue weighted by Crippen LogP contribution is 2.39. The van der Waals surface area contributed by atoms with E-state index in [9.17, 15) is 28.8 Å². The van der Waals surface area contributed by atoms with Crippen molar-refractivity contribution in [2.75, 3.05) is 47.5 Å². The molecular weight excluding hydrogens is 789 g/mol. The predicted molar refractivity (Wildman–Crippen MR) is 229 cm³/mol. The van der Waals surface area contributed by atoms with Crippen LogP contribution in [0.15, 0.2) is 47.4 Å². The van der Waals surface area contributed by atoms with E-state index in [4.69, 9.17) is 14.2 Å². The van der Waals surface area contributed by atoms with Crippen LogP contribution in [0.1, 0.15) is 82.5 Å². The molecule has 0 spiro atoms. The summed E-state index contributed by atoms with van der Waals surface area (Å²) in [5, 5.41) is 8.97. The van der Waals surface area contributed by atoms with Gasteiger partial charge in [0.2, 0.25) is 18.2 Å². The molecule has 0 saturated carbocycles. The molecule has 16 heteroatoms. The first kappa shape index (κ1) is 44.0. The summed E-state index contributed by atoms with van der Waals surface area (Å²) in [4.78, 5) is 76.8. The number of rotatable bonds is 15. The molecule has 3 N–H and O–H groups in total. The summed E-state index contributed by atoms with van der Waals surface area (Å²) in [7, 11) is 6.98. The molecule has 2 fully saturated rings. The van der Waals surface area contributed by atoms with Crippen LogP contribution in [0.3, 0.4) is 0 Å². The first-order valence-electron chi connectivity index (χ1n) is 20.4. The summed E-state index contributed by atoms with van der Waals surface area (Å²) in [5.41, 5.74) is 3.43. The van der Waals surface area contributed by atoms with Gasteiger partial charge in [0, 0.05) is 59.5 Å². The Labute approximate surface area is 353 Å². The summed E-state index contributed by atoms with van der Waals surface area (Å²) in [6, 6.07) is 10.1. The minimum atomic E-state index is -0.971. The lowest BCUT2D eigenvalue weighted by atomic mass is 10.0.